The first-order valence-corrected chi connectivity index (χ1v) is 8.82. The van der Waals surface area contributed by atoms with Crippen LogP contribution < -0.4 is 0 Å². The summed E-state index contributed by atoms with van der Waals surface area (Å²) in [7, 11) is 0. The zero-order valence-electron chi connectivity index (χ0n) is 11.9. The van der Waals surface area contributed by atoms with Gasteiger partial charge in [0.2, 0.25) is 0 Å². The maximum absolute atomic E-state index is 9.55. The van der Waals surface area contributed by atoms with Crippen LogP contribution in [0.4, 0.5) is 0 Å². The number of unbranched alkanes of at least 4 members (excludes halogenated alkanes) is 6. The summed E-state index contributed by atoms with van der Waals surface area (Å²) in [6.07, 6.45) is 10.7. The normalized spacial score (nSPS) is 22.5. The molecule has 3 heteroatoms. The summed E-state index contributed by atoms with van der Waals surface area (Å²) in [6.45, 7) is 5.48. The van der Waals surface area contributed by atoms with E-state index in [2.05, 4.69) is 20.8 Å². The number of nitrogens with zero attached hydrogens (tertiary/aromatic N) is 1. The van der Waals surface area contributed by atoms with Crippen LogP contribution in [0.5, 0.6) is 0 Å². The van der Waals surface area contributed by atoms with Gasteiger partial charge in [-0.1, -0.05) is 48.0 Å². The SMILES string of the molecule is CC(O)C1CCN(CCCCCCCCCBr)C1. The standard InChI is InChI=1S/C15H30BrNO/c1-14(18)15-9-12-17(13-15)11-8-6-4-2-3-5-7-10-16/h14-15,18H,2-13H2,1H3. The summed E-state index contributed by atoms with van der Waals surface area (Å²) in [6, 6.07) is 0. The molecule has 1 aliphatic rings. The molecule has 1 aliphatic heterocycles. The zero-order valence-corrected chi connectivity index (χ0v) is 13.5. The Balaban J connectivity index is 1.87. The molecule has 1 heterocycles. The van der Waals surface area contributed by atoms with Crippen LogP contribution in [0.25, 0.3) is 0 Å². The predicted octanol–water partition coefficient (Wildman–Crippen LogP) is 3.81. The van der Waals surface area contributed by atoms with Gasteiger partial charge in [0.1, 0.15) is 0 Å². The molecule has 0 aromatic rings. The fraction of sp³-hybridized carbons (Fsp3) is 1.00. The summed E-state index contributed by atoms with van der Waals surface area (Å²) in [4.78, 5) is 2.53. The zero-order chi connectivity index (χ0) is 13.2. The topological polar surface area (TPSA) is 23.5 Å². The lowest BCUT2D eigenvalue weighted by Crippen LogP contribution is -2.25. The van der Waals surface area contributed by atoms with Gasteiger partial charge in [-0.3, -0.25) is 0 Å². The molecular formula is C15H30BrNO. The Morgan fingerprint density at radius 2 is 1.72 bits per heavy atom. The van der Waals surface area contributed by atoms with Gasteiger partial charge in [-0.05, 0) is 45.2 Å². The molecule has 1 N–H and O–H groups in total. The molecule has 0 bridgehead atoms. The van der Waals surface area contributed by atoms with Gasteiger partial charge in [-0.15, -0.1) is 0 Å². The van der Waals surface area contributed by atoms with Crippen LogP contribution in [0.1, 0.15) is 58.3 Å². The highest BCUT2D eigenvalue weighted by Gasteiger charge is 2.25. The highest BCUT2D eigenvalue weighted by Crippen LogP contribution is 2.20. The van der Waals surface area contributed by atoms with Crippen molar-refractivity contribution in [2.45, 2.75) is 64.4 Å². The van der Waals surface area contributed by atoms with Crippen LogP contribution in [0.3, 0.4) is 0 Å². The first kappa shape index (κ1) is 16.5. The average Bonchev–Trinajstić information content (AvgIpc) is 2.81. The Morgan fingerprint density at radius 1 is 1.11 bits per heavy atom. The van der Waals surface area contributed by atoms with Crippen molar-refractivity contribution in [1.82, 2.24) is 4.90 Å². The van der Waals surface area contributed by atoms with Crippen LogP contribution in [-0.4, -0.2) is 41.1 Å². The molecule has 0 saturated carbocycles. The number of rotatable bonds is 10. The lowest BCUT2D eigenvalue weighted by atomic mass is 10.0. The number of aliphatic hydroxyl groups is 1. The number of hydrogen-bond acceptors (Lipinski definition) is 2. The highest BCUT2D eigenvalue weighted by molar-refractivity contribution is 9.09. The minimum atomic E-state index is -0.121. The summed E-state index contributed by atoms with van der Waals surface area (Å²) in [5, 5.41) is 10.7. The Morgan fingerprint density at radius 3 is 2.28 bits per heavy atom. The van der Waals surface area contributed by atoms with Crippen molar-refractivity contribution in [3.63, 3.8) is 0 Å². The molecule has 1 fully saturated rings. The molecule has 2 nitrogen and oxygen atoms in total. The van der Waals surface area contributed by atoms with Crippen LogP contribution in [0, 0.1) is 5.92 Å². The second-order valence-electron chi connectivity index (χ2n) is 5.75. The molecule has 2 unspecified atom stereocenters. The second-order valence-corrected chi connectivity index (χ2v) is 6.55. The van der Waals surface area contributed by atoms with Crippen LogP contribution in [0.15, 0.2) is 0 Å². The molecule has 0 aliphatic carbocycles. The van der Waals surface area contributed by atoms with E-state index in [0.717, 1.165) is 11.9 Å². The van der Waals surface area contributed by atoms with Crippen molar-refractivity contribution in [2.24, 2.45) is 5.92 Å². The van der Waals surface area contributed by atoms with Gasteiger partial charge in [-0.2, -0.15) is 0 Å². The first-order valence-electron chi connectivity index (χ1n) is 7.70. The van der Waals surface area contributed by atoms with Crippen LogP contribution in [-0.2, 0) is 0 Å². The summed E-state index contributed by atoms with van der Waals surface area (Å²) < 4.78 is 0. The highest BCUT2D eigenvalue weighted by atomic mass is 79.9. The third-order valence-electron chi connectivity index (χ3n) is 4.10. The van der Waals surface area contributed by atoms with E-state index >= 15 is 0 Å². The molecule has 1 saturated heterocycles. The molecule has 0 aromatic carbocycles. The molecule has 18 heavy (non-hydrogen) atoms. The van der Waals surface area contributed by atoms with E-state index in [4.69, 9.17) is 0 Å². The summed E-state index contributed by atoms with van der Waals surface area (Å²) in [5.74, 6) is 0.522. The summed E-state index contributed by atoms with van der Waals surface area (Å²) >= 11 is 3.47. The fourth-order valence-electron chi connectivity index (χ4n) is 2.77. The lowest BCUT2D eigenvalue weighted by Gasteiger charge is -2.17. The quantitative estimate of drug-likeness (QED) is 0.489. The molecule has 0 aromatic heterocycles. The summed E-state index contributed by atoms with van der Waals surface area (Å²) in [5.41, 5.74) is 0. The largest absolute Gasteiger partial charge is 0.393 e. The number of aliphatic hydroxyl groups excluding tert-OH is 1. The van der Waals surface area contributed by atoms with E-state index in [0.29, 0.717) is 5.92 Å². The number of hydrogen-bond donors (Lipinski definition) is 1. The third kappa shape index (κ3) is 7.10. The first-order chi connectivity index (χ1) is 8.74. The molecular weight excluding hydrogens is 290 g/mol. The molecule has 0 spiro atoms. The second kappa shape index (κ2) is 10.2. The van der Waals surface area contributed by atoms with Crippen LogP contribution >= 0.6 is 15.9 Å². The maximum atomic E-state index is 9.55. The fourth-order valence-corrected chi connectivity index (χ4v) is 3.17. The maximum Gasteiger partial charge on any atom is 0.0552 e. The van der Waals surface area contributed by atoms with Gasteiger partial charge in [0.05, 0.1) is 6.10 Å². The van der Waals surface area contributed by atoms with Gasteiger partial charge in [0, 0.05) is 11.9 Å². The Hall–Kier alpha value is 0.400. The van der Waals surface area contributed by atoms with Gasteiger partial charge < -0.3 is 10.0 Å². The van der Waals surface area contributed by atoms with Gasteiger partial charge in [-0.25, -0.2) is 0 Å². The van der Waals surface area contributed by atoms with Crippen molar-refractivity contribution >= 4 is 15.9 Å². The Bertz CT molecular complexity index is 199. The third-order valence-corrected chi connectivity index (χ3v) is 4.66. The molecule has 0 radical (unpaired) electrons. The average molecular weight is 320 g/mol. The van der Waals surface area contributed by atoms with Crippen molar-refractivity contribution in [2.75, 3.05) is 25.0 Å². The van der Waals surface area contributed by atoms with E-state index in [1.807, 2.05) is 6.92 Å². The van der Waals surface area contributed by atoms with E-state index in [1.54, 1.807) is 0 Å². The minimum absolute atomic E-state index is 0.121. The van der Waals surface area contributed by atoms with Crippen molar-refractivity contribution < 1.29 is 5.11 Å². The van der Waals surface area contributed by atoms with E-state index in [9.17, 15) is 5.11 Å². The molecule has 0 amide bonds. The molecule has 2 atom stereocenters. The van der Waals surface area contributed by atoms with Crippen LogP contribution in [0.2, 0.25) is 0 Å². The van der Waals surface area contributed by atoms with Crippen molar-refractivity contribution in [1.29, 1.82) is 0 Å². The van der Waals surface area contributed by atoms with Gasteiger partial charge in [0.25, 0.3) is 0 Å². The van der Waals surface area contributed by atoms with E-state index in [1.165, 1.54) is 64.5 Å². The van der Waals surface area contributed by atoms with Crippen molar-refractivity contribution in [3.8, 4) is 0 Å². The number of halogens is 1. The van der Waals surface area contributed by atoms with Gasteiger partial charge >= 0.3 is 0 Å². The molecule has 1 rings (SSSR count). The monoisotopic (exact) mass is 319 g/mol. The Labute approximate surface area is 121 Å². The van der Waals surface area contributed by atoms with Crippen molar-refractivity contribution in [3.05, 3.63) is 0 Å². The number of alkyl halides is 1. The predicted molar refractivity (Wildman–Crippen MR) is 82.3 cm³/mol. The molecule has 108 valence electrons. The lowest BCUT2D eigenvalue weighted by molar-refractivity contribution is 0.127. The minimum Gasteiger partial charge on any atom is -0.393 e. The van der Waals surface area contributed by atoms with Gasteiger partial charge in [0.15, 0.2) is 0 Å². The number of likely N-dealkylation sites (tertiary alicyclic amines) is 1. The van der Waals surface area contributed by atoms with E-state index in [-0.39, 0.29) is 6.10 Å². The van der Waals surface area contributed by atoms with E-state index < -0.39 is 0 Å². The Kier molecular flexibility index (Phi) is 9.34. The smallest absolute Gasteiger partial charge is 0.0552 e.